The molecular formula is C14H14N2O2. The molecule has 2 rings (SSSR count). The number of aromatic nitrogens is 2. The van der Waals surface area contributed by atoms with Gasteiger partial charge in [0.1, 0.15) is 11.9 Å². The van der Waals surface area contributed by atoms with Crippen molar-refractivity contribution in [2.75, 3.05) is 0 Å². The van der Waals surface area contributed by atoms with E-state index < -0.39 is 0 Å². The van der Waals surface area contributed by atoms with Gasteiger partial charge in [0, 0.05) is 18.0 Å². The largest absolute Gasteiger partial charge is 0.484 e. The summed E-state index contributed by atoms with van der Waals surface area (Å²) in [7, 11) is 0. The molecule has 0 radical (unpaired) electrons. The normalized spacial score (nSPS) is 11.9. The molecule has 0 spiro atoms. The third-order valence-corrected chi connectivity index (χ3v) is 2.55. The molecule has 0 aliphatic rings. The second-order valence-corrected chi connectivity index (χ2v) is 3.97. The molecule has 0 amide bonds. The molecule has 0 aliphatic heterocycles. The lowest BCUT2D eigenvalue weighted by molar-refractivity contribution is 0.101. The minimum Gasteiger partial charge on any atom is -0.484 e. The summed E-state index contributed by atoms with van der Waals surface area (Å²) >= 11 is 0. The molecule has 4 heteroatoms. The maximum atomic E-state index is 11.3. The second-order valence-electron chi connectivity index (χ2n) is 3.97. The highest BCUT2D eigenvalue weighted by atomic mass is 16.5. The Kier molecular flexibility index (Phi) is 3.67. The first kappa shape index (κ1) is 12.2. The van der Waals surface area contributed by atoms with Crippen molar-refractivity contribution in [1.29, 1.82) is 0 Å². The molecule has 0 saturated carbocycles. The molecule has 0 saturated heterocycles. The highest BCUT2D eigenvalue weighted by Gasteiger charge is 2.09. The molecule has 1 aromatic heterocycles. The van der Waals surface area contributed by atoms with Crippen molar-refractivity contribution in [2.24, 2.45) is 0 Å². The van der Waals surface area contributed by atoms with Crippen LogP contribution in [0.5, 0.6) is 5.75 Å². The first-order valence-electron chi connectivity index (χ1n) is 5.70. The molecule has 1 aromatic carbocycles. The number of nitrogens with zero attached hydrogens (tertiary/aromatic N) is 2. The van der Waals surface area contributed by atoms with Gasteiger partial charge >= 0.3 is 0 Å². The predicted molar refractivity (Wildman–Crippen MR) is 67.5 cm³/mol. The van der Waals surface area contributed by atoms with Gasteiger partial charge in [0.25, 0.3) is 0 Å². The van der Waals surface area contributed by atoms with E-state index in [1.54, 1.807) is 36.8 Å². The molecule has 18 heavy (non-hydrogen) atoms. The lowest BCUT2D eigenvalue weighted by Crippen LogP contribution is -2.06. The molecular weight excluding hydrogens is 228 g/mol. The fourth-order valence-corrected chi connectivity index (χ4v) is 1.57. The Hall–Kier alpha value is -2.23. The zero-order chi connectivity index (χ0) is 13.0. The van der Waals surface area contributed by atoms with E-state index >= 15 is 0 Å². The van der Waals surface area contributed by atoms with E-state index in [0.29, 0.717) is 11.3 Å². The number of rotatable bonds is 4. The fraction of sp³-hybridized carbons (Fsp3) is 0.214. The first-order chi connectivity index (χ1) is 8.66. The first-order valence-corrected chi connectivity index (χ1v) is 5.70. The van der Waals surface area contributed by atoms with Crippen molar-refractivity contribution in [3.05, 3.63) is 54.1 Å². The van der Waals surface area contributed by atoms with E-state index in [9.17, 15) is 4.79 Å². The van der Waals surface area contributed by atoms with Crippen LogP contribution in [0.25, 0.3) is 0 Å². The molecule has 1 heterocycles. The van der Waals surface area contributed by atoms with E-state index in [1.807, 2.05) is 13.0 Å². The summed E-state index contributed by atoms with van der Waals surface area (Å²) in [5, 5.41) is 0. The van der Waals surface area contributed by atoms with Gasteiger partial charge in [-0.25, -0.2) is 0 Å². The maximum absolute atomic E-state index is 11.3. The monoisotopic (exact) mass is 242 g/mol. The predicted octanol–water partition coefficient (Wildman–Crippen LogP) is 2.82. The summed E-state index contributed by atoms with van der Waals surface area (Å²) in [4.78, 5) is 19.4. The van der Waals surface area contributed by atoms with Crippen LogP contribution in [-0.2, 0) is 0 Å². The van der Waals surface area contributed by atoms with Crippen LogP contribution in [0.3, 0.4) is 0 Å². The Morgan fingerprint density at radius 2 is 2.17 bits per heavy atom. The summed E-state index contributed by atoms with van der Waals surface area (Å²) in [5.74, 6) is 0.674. The number of carbonyl (C=O) groups is 1. The van der Waals surface area contributed by atoms with E-state index in [4.69, 9.17) is 4.74 Å². The van der Waals surface area contributed by atoms with Gasteiger partial charge in [-0.3, -0.25) is 14.8 Å². The Balaban J connectivity index is 2.14. The lowest BCUT2D eigenvalue weighted by atomic mass is 10.1. The van der Waals surface area contributed by atoms with Crippen molar-refractivity contribution in [3.63, 3.8) is 0 Å². The molecule has 92 valence electrons. The van der Waals surface area contributed by atoms with Crippen LogP contribution >= 0.6 is 0 Å². The minimum atomic E-state index is -0.207. The summed E-state index contributed by atoms with van der Waals surface area (Å²) < 4.78 is 5.74. The van der Waals surface area contributed by atoms with Gasteiger partial charge in [0.05, 0.1) is 11.9 Å². The number of ketones is 1. The van der Waals surface area contributed by atoms with Crippen LogP contribution in [0.15, 0.2) is 42.9 Å². The van der Waals surface area contributed by atoms with Crippen molar-refractivity contribution < 1.29 is 9.53 Å². The van der Waals surface area contributed by atoms with Crippen molar-refractivity contribution in [3.8, 4) is 5.75 Å². The number of ether oxygens (including phenoxy) is 1. The number of benzene rings is 1. The Morgan fingerprint density at radius 3 is 2.83 bits per heavy atom. The second kappa shape index (κ2) is 5.40. The molecule has 4 nitrogen and oxygen atoms in total. The average Bonchev–Trinajstić information content (AvgIpc) is 2.40. The molecule has 1 atom stereocenters. The van der Waals surface area contributed by atoms with Crippen molar-refractivity contribution >= 4 is 5.78 Å². The van der Waals surface area contributed by atoms with Gasteiger partial charge in [-0.05, 0) is 26.0 Å². The summed E-state index contributed by atoms with van der Waals surface area (Å²) in [6.45, 7) is 3.43. The third kappa shape index (κ3) is 2.91. The zero-order valence-electron chi connectivity index (χ0n) is 10.3. The van der Waals surface area contributed by atoms with E-state index in [1.165, 1.54) is 6.92 Å². The molecule has 1 unspecified atom stereocenters. The van der Waals surface area contributed by atoms with Gasteiger partial charge < -0.3 is 4.74 Å². The van der Waals surface area contributed by atoms with Gasteiger partial charge in [-0.2, -0.15) is 0 Å². The van der Waals surface area contributed by atoms with Crippen LogP contribution in [0.4, 0.5) is 0 Å². The van der Waals surface area contributed by atoms with Crippen molar-refractivity contribution in [1.82, 2.24) is 9.97 Å². The zero-order valence-corrected chi connectivity index (χ0v) is 10.3. The maximum Gasteiger partial charge on any atom is 0.159 e. The van der Waals surface area contributed by atoms with Gasteiger partial charge in [0.2, 0.25) is 0 Å². The highest BCUT2D eigenvalue weighted by molar-refractivity contribution is 5.94. The molecule has 2 aromatic rings. The summed E-state index contributed by atoms with van der Waals surface area (Å²) in [6.07, 6.45) is 4.70. The lowest BCUT2D eigenvalue weighted by Gasteiger charge is -2.14. The molecule has 0 aliphatic carbocycles. The molecule has 0 bridgehead atoms. The van der Waals surface area contributed by atoms with Crippen molar-refractivity contribution in [2.45, 2.75) is 20.0 Å². The molecule has 0 fully saturated rings. The minimum absolute atomic E-state index is 0.0209. The van der Waals surface area contributed by atoms with Crippen LogP contribution in [-0.4, -0.2) is 15.8 Å². The van der Waals surface area contributed by atoms with Crippen LogP contribution in [0.1, 0.15) is 36.0 Å². The van der Waals surface area contributed by atoms with Crippen LogP contribution < -0.4 is 4.74 Å². The van der Waals surface area contributed by atoms with Gasteiger partial charge in [0.15, 0.2) is 5.78 Å². The average molecular weight is 242 g/mol. The van der Waals surface area contributed by atoms with E-state index in [2.05, 4.69) is 9.97 Å². The van der Waals surface area contributed by atoms with Crippen LogP contribution in [0.2, 0.25) is 0 Å². The summed E-state index contributed by atoms with van der Waals surface area (Å²) in [6, 6.07) is 7.12. The fourth-order valence-electron chi connectivity index (χ4n) is 1.57. The number of Topliss-reactive ketones (excluding diaryl/α,β-unsaturated/α-hetero) is 1. The van der Waals surface area contributed by atoms with E-state index in [-0.39, 0.29) is 11.9 Å². The Bertz CT molecular complexity index is 541. The van der Waals surface area contributed by atoms with E-state index in [0.717, 1.165) is 5.69 Å². The number of hydrogen-bond acceptors (Lipinski definition) is 4. The topological polar surface area (TPSA) is 52.1 Å². The number of hydrogen-bond donors (Lipinski definition) is 0. The van der Waals surface area contributed by atoms with Gasteiger partial charge in [-0.1, -0.05) is 12.1 Å². The van der Waals surface area contributed by atoms with Gasteiger partial charge in [-0.15, -0.1) is 0 Å². The van der Waals surface area contributed by atoms with Crippen LogP contribution in [0, 0.1) is 0 Å². The molecule has 0 N–H and O–H groups in total. The smallest absolute Gasteiger partial charge is 0.159 e. The standard InChI is InChI=1S/C14H14N2O2/c1-10(17)12-4-3-5-13(8-12)18-11(2)14-9-15-6-7-16-14/h3-9,11H,1-2H3. The quantitative estimate of drug-likeness (QED) is 0.773. The Morgan fingerprint density at radius 1 is 1.33 bits per heavy atom. The third-order valence-electron chi connectivity index (χ3n) is 2.55. The number of carbonyl (C=O) groups excluding carboxylic acids is 1. The highest BCUT2D eigenvalue weighted by Crippen LogP contribution is 2.21. The summed E-state index contributed by atoms with van der Waals surface area (Å²) in [5.41, 5.74) is 1.39. The Labute approximate surface area is 106 Å². The SMILES string of the molecule is CC(=O)c1cccc(OC(C)c2cnccn2)c1.